The van der Waals surface area contributed by atoms with Crippen LogP contribution in [0.15, 0.2) is 0 Å². The number of nitrogens with one attached hydrogen (secondary N) is 1. The SMILES string of the molecule is CCCCCCSC(=S)NCC. The van der Waals surface area contributed by atoms with Crippen LogP contribution in [0.4, 0.5) is 0 Å². The first-order valence-corrected chi connectivity index (χ1v) is 6.11. The van der Waals surface area contributed by atoms with Crippen LogP contribution >= 0.6 is 24.0 Å². The molecule has 72 valence electrons. The maximum Gasteiger partial charge on any atom is 0.133 e. The molecule has 0 aromatic carbocycles. The van der Waals surface area contributed by atoms with Crippen LogP contribution in [0.5, 0.6) is 0 Å². The van der Waals surface area contributed by atoms with Gasteiger partial charge in [-0.3, -0.25) is 0 Å². The molecule has 0 bridgehead atoms. The minimum Gasteiger partial charge on any atom is -0.371 e. The Morgan fingerprint density at radius 2 is 2.00 bits per heavy atom. The lowest BCUT2D eigenvalue weighted by atomic mass is 10.2. The van der Waals surface area contributed by atoms with E-state index in [1.54, 1.807) is 11.8 Å². The molecule has 3 heteroatoms. The van der Waals surface area contributed by atoms with Crippen molar-refractivity contribution in [3.05, 3.63) is 0 Å². The highest BCUT2D eigenvalue weighted by Gasteiger charge is 1.94. The molecule has 0 amide bonds. The van der Waals surface area contributed by atoms with Gasteiger partial charge in [0.15, 0.2) is 0 Å². The molecule has 0 unspecified atom stereocenters. The first kappa shape index (κ1) is 12.2. The number of hydrogen-bond acceptors (Lipinski definition) is 2. The van der Waals surface area contributed by atoms with Crippen LogP contribution in [0.25, 0.3) is 0 Å². The summed E-state index contributed by atoms with van der Waals surface area (Å²) >= 11 is 6.85. The molecule has 0 aliphatic carbocycles. The van der Waals surface area contributed by atoms with Crippen molar-refractivity contribution in [3.63, 3.8) is 0 Å². The van der Waals surface area contributed by atoms with Gasteiger partial charge in [0, 0.05) is 12.3 Å². The number of hydrogen-bond donors (Lipinski definition) is 1. The molecule has 0 spiro atoms. The van der Waals surface area contributed by atoms with Crippen molar-refractivity contribution >= 4 is 28.3 Å². The molecule has 0 heterocycles. The summed E-state index contributed by atoms with van der Waals surface area (Å²) in [5, 5.41) is 3.13. The molecule has 0 radical (unpaired) electrons. The van der Waals surface area contributed by atoms with E-state index in [0.29, 0.717) is 0 Å². The van der Waals surface area contributed by atoms with E-state index in [1.165, 1.54) is 31.4 Å². The molecular weight excluding hydrogens is 186 g/mol. The van der Waals surface area contributed by atoms with Gasteiger partial charge in [0.2, 0.25) is 0 Å². The monoisotopic (exact) mass is 205 g/mol. The molecule has 0 atom stereocenters. The van der Waals surface area contributed by atoms with Crippen molar-refractivity contribution in [2.45, 2.75) is 39.5 Å². The number of thiocarbonyl (C=S) groups is 1. The van der Waals surface area contributed by atoms with Gasteiger partial charge < -0.3 is 5.32 Å². The van der Waals surface area contributed by atoms with Crippen LogP contribution in [-0.2, 0) is 0 Å². The smallest absolute Gasteiger partial charge is 0.133 e. The molecule has 0 fully saturated rings. The van der Waals surface area contributed by atoms with Gasteiger partial charge in [-0.05, 0) is 13.3 Å². The van der Waals surface area contributed by atoms with Gasteiger partial charge in [-0.1, -0.05) is 50.2 Å². The second kappa shape index (κ2) is 9.33. The van der Waals surface area contributed by atoms with Gasteiger partial charge in [-0.25, -0.2) is 0 Å². The van der Waals surface area contributed by atoms with Gasteiger partial charge in [-0.15, -0.1) is 0 Å². The van der Waals surface area contributed by atoms with Crippen LogP contribution < -0.4 is 5.32 Å². The van der Waals surface area contributed by atoms with Crippen LogP contribution in [-0.4, -0.2) is 16.6 Å². The quantitative estimate of drug-likeness (QED) is 0.528. The van der Waals surface area contributed by atoms with E-state index in [-0.39, 0.29) is 0 Å². The summed E-state index contributed by atoms with van der Waals surface area (Å²) in [6.45, 7) is 5.25. The Morgan fingerprint density at radius 3 is 2.58 bits per heavy atom. The summed E-state index contributed by atoms with van der Waals surface area (Å²) < 4.78 is 0.953. The molecule has 0 rings (SSSR count). The molecule has 0 aromatic heterocycles. The Hall–Kier alpha value is 0.240. The summed E-state index contributed by atoms with van der Waals surface area (Å²) in [6, 6.07) is 0. The van der Waals surface area contributed by atoms with E-state index in [0.717, 1.165) is 10.9 Å². The fraction of sp³-hybridized carbons (Fsp3) is 0.889. The van der Waals surface area contributed by atoms with E-state index < -0.39 is 0 Å². The Labute approximate surface area is 85.7 Å². The van der Waals surface area contributed by atoms with Crippen molar-refractivity contribution in [3.8, 4) is 0 Å². The van der Waals surface area contributed by atoms with Crippen LogP contribution in [0.2, 0.25) is 0 Å². The summed E-state index contributed by atoms with van der Waals surface area (Å²) in [5.41, 5.74) is 0. The number of thioether (sulfide) groups is 1. The highest BCUT2D eigenvalue weighted by Crippen LogP contribution is 2.08. The third kappa shape index (κ3) is 8.34. The lowest BCUT2D eigenvalue weighted by molar-refractivity contribution is 0.707. The molecule has 0 aliphatic heterocycles. The third-order valence-corrected chi connectivity index (χ3v) is 2.95. The molecule has 1 nitrogen and oxygen atoms in total. The first-order chi connectivity index (χ1) is 5.81. The van der Waals surface area contributed by atoms with Gasteiger partial charge in [0.1, 0.15) is 4.32 Å². The Balaban J connectivity index is 3.03. The fourth-order valence-electron chi connectivity index (χ4n) is 0.889. The zero-order chi connectivity index (χ0) is 9.23. The zero-order valence-corrected chi connectivity index (χ0v) is 9.69. The molecule has 0 aromatic rings. The molecule has 0 saturated carbocycles. The molecule has 0 saturated heterocycles. The Morgan fingerprint density at radius 1 is 1.25 bits per heavy atom. The lowest BCUT2D eigenvalue weighted by Crippen LogP contribution is -2.17. The number of unbranched alkanes of at least 4 members (excludes halogenated alkanes) is 3. The predicted octanol–water partition coefficient (Wildman–Crippen LogP) is 3.19. The fourth-order valence-corrected chi connectivity index (χ4v) is 2.06. The Kier molecular flexibility index (Phi) is 9.52. The van der Waals surface area contributed by atoms with Gasteiger partial charge in [-0.2, -0.15) is 0 Å². The van der Waals surface area contributed by atoms with Crippen molar-refractivity contribution in [1.29, 1.82) is 0 Å². The van der Waals surface area contributed by atoms with E-state index in [1.807, 2.05) is 0 Å². The molecule has 12 heavy (non-hydrogen) atoms. The Bertz CT molecular complexity index is 115. The average molecular weight is 205 g/mol. The summed E-state index contributed by atoms with van der Waals surface area (Å²) in [6.07, 6.45) is 5.30. The van der Waals surface area contributed by atoms with E-state index in [4.69, 9.17) is 12.2 Å². The van der Waals surface area contributed by atoms with Crippen molar-refractivity contribution < 1.29 is 0 Å². The van der Waals surface area contributed by atoms with Crippen molar-refractivity contribution in [2.24, 2.45) is 0 Å². The highest BCUT2D eigenvalue weighted by atomic mass is 32.2. The normalized spacial score (nSPS) is 9.83. The zero-order valence-electron chi connectivity index (χ0n) is 8.06. The van der Waals surface area contributed by atoms with Gasteiger partial charge in [0.25, 0.3) is 0 Å². The topological polar surface area (TPSA) is 12.0 Å². The second-order valence-electron chi connectivity index (χ2n) is 2.73. The maximum absolute atomic E-state index is 5.08. The molecular formula is C9H19NS2. The summed E-state index contributed by atoms with van der Waals surface area (Å²) in [4.78, 5) is 0. The van der Waals surface area contributed by atoms with E-state index in [2.05, 4.69) is 19.2 Å². The summed E-state index contributed by atoms with van der Waals surface area (Å²) in [5.74, 6) is 1.17. The second-order valence-corrected chi connectivity index (χ2v) is 4.50. The van der Waals surface area contributed by atoms with Gasteiger partial charge >= 0.3 is 0 Å². The molecule has 0 aliphatic rings. The van der Waals surface area contributed by atoms with Crippen molar-refractivity contribution in [1.82, 2.24) is 5.32 Å². The standard InChI is InChI=1S/C9H19NS2/c1-3-5-6-7-8-12-9(11)10-4-2/h3-8H2,1-2H3,(H,10,11). The first-order valence-electron chi connectivity index (χ1n) is 4.71. The largest absolute Gasteiger partial charge is 0.371 e. The van der Waals surface area contributed by atoms with E-state index >= 15 is 0 Å². The lowest BCUT2D eigenvalue weighted by Gasteiger charge is -2.03. The minimum atomic E-state index is 0.945. The highest BCUT2D eigenvalue weighted by molar-refractivity contribution is 8.22. The van der Waals surface area contributed by atoms with Gasteiger partial charge in [0.05, 0.1) is 0 Å². The maximum atomic E-state index is 5.08. The molecule has 1 N–H and O–H groups in total. The van der Waals surface area contributed by atoms with Crippen LogP contribution in [0.3, 0.4) is 0 Å². The number of rotatable bonds is 6. The minimum absolute atomic E-state index is 0.945. The van der Waals surface area contributed by atoms with Crippen molar-refractivity contribution in [2.75, 3.05) is 12.3 Å². The summed E-state index contributed by atoms with van der Waals surface area (Å²) in [7, 11) is 0. The van der Waals surface area contributed by atoms with Crippen LogP contribution in [0, 0.1) is 0 Å². The predicted molar refractivity (Wildman–Crippen MR) is 62.9 cm³/mol. The third-order valence-electron chi connectivity index (χ3n) is 1.55. The average Bonchev–Trinajstić information content (AvgIpc) is 2.05. The van der Waals surface area contributed by atoms with Crippen LogP contribution in [0.1, 0.15) is 39.5 Å². The van der Waals surface area contributed by atoms with E-state index in [9.17, 15) is 0 Å².